The number of aliphatic hydroxyl groups excluding tert-OH is 1. The number of amides is 1. The Balaban J connectivity index is 2.51. The van der Waals surface area contributed by atoms with Crippen LogP contribution in [0.5, 0.6) is 0 Å². The molecule has 1 N–H and O–H groups in total. The van der Waals surface area contributed by atoms with E-state index in [1.165, 1.54) is 0 Å². The molecule has 4 nitrogen and oxygen atoms in total. The minimum Gasteiger partial charge on any atom is -0.395 e. The maximum Gasteiger partial charge on any atom is 0.236 e. The Hall–Kier alpha value is -0.610. The molecule has 0 aromatic rings. The zero-order valence-corrected chi connectivity index (χ0v) is 12.1. The van der Waals surface area contributed by atoms with Crippen molar-refractivity contribution in [2.45, 2.75) is 46.1 Å². The first-order chi connectivity index (χ1) is 8.63. The summed E-state index contributed by atoms with van der Waals surface area (Å²) in [7, 11) is 0. The number of hydrogen-bond donors (Lipinski definition) is 1. The molecule has 18 heavy (non-hydrogen) atoms. The predicted octanol–water partition coefficient (Wildman–Crippen LogP) is 1.34. The number of carbonyl (C=O) groups is 1. The van der Waals surface area contributed by atoms with E-state index in [4.69, 9.17) is 0 Å². The lowest BCUT2D eigenvalue weighted by Crippen LogP contribution is -2.44. The Morgan fingerprint density at radius 3 is 2.44 bits per heavy atom. The molecule has 1 aliphatic heterocycles. The lowest BCUT2D eigenvalue weighted by molar-refractivity contribution is -0.133. The highest BCUT2D eigenvalue weighted by Crippen LogP contribution is 2.23. The lowest BCUT2D eigenvalue weighted by atomic mass is 10.0. The third-order valence-electron chi connectivity index (χ3n) is 3.86. The molecule has 1 saturated heterocycles. The molecule has 106 valence electrons. The minimum atomic E-state index is 0.163. The largest absolute Gasteiger partial charge is 0.395 e. The van der Waals surface area contributed by atoms with Gasteiger partial charge in [-0.3, -0.25) is 9.69 Å². The highest BCUT2D eigenvalue weighted by Gasteiger charge is 2.32. The summed E-state index contributed by atoms with van der Waals surface area (Å²) in [6, 6.07) is 0.166. The van der Waals surface area contributed by atoms with Crippen molar-refractivity contribution in [2.24, 2.45) is 5.92 Å². The number of nitrogens with zero attached hydrogens (tertiary/aromatic N) is 2. The van der Waals surface area contributed by atoms with Crippen LogP contribution in [-0.2, 0) is 4.79 Å². The van der Waals surface area contributed by atoms with Crippen LogP contribution in [0.1, 0.15) is 40.0 Å². The Morgan fingerprint density at radius 1 is 1.33 bits per heavy atom. The van der Waals surface area contributed by atoms with Crippen molar-refractivity contribution in [2.75, 3.05) is 32.8 Å². The maximum absolute atomic E-state index is 12.2. The summed E-state index contributed by atoms with van der Waals surface area (Å²) < 4.78 is 0. The van der Waals surface area contributed by atoms with Crippen LogP contribution in [0.2, 0.25) is 0 Å². The molecule has 1 rings (SSSR count). The van der Waals surface area contributed by atoms with E-state index in [2.05, 4.69) is 25.7 Å². The SMILES string of the molecule is CCCN(CCC)C(=O)CN1CCC(C)C1CO. The molecule has 0 spiro atoms. The fourth-order valence-electron chi connectivity index (χ4n) is 2.75. The quantitative estimate of drug-likeness (QED) is 0.747. The van der Waals surface area contributed by atoms with Gasteiger partial charge in [-0.05, 0) is 31.7 Å². The van der Waals surface area contributed by atoms with Crippen molar-refractivity contribution in [3.63, 3.8) is 0 Å². The van der Waals surface area contributed by atoms with Crippen LogP contribution < -0.4 is 0 Å². The topological polar surface area (TPSA) is 43.8 Å². The summed E-state index contributed by atoms with van der Waals surface area (Å²) in [5, 5.41) is 9.40. The zero-order chi connectivity index (χ0) is 13.5. The van der Waals surface area contributed by atoms with E-state index < -0.39 is 0 Å². The minimum absolute atomic E-state index is 0.163. The predicted molar refractivity (Wildman–Crippen MR) is 73.4 cm³/mol. The molecule has 1 fully saturated rings. The maximum atomic E-state index is 12.2. The van der Waals surface area contributed by atoms with Gasteiger partial charge < -0.3 is 10.0 Å². The second kappa shape index (κ2) is 7.74. The Labute approximate surface area is 111 Å². The van der Waals surface area contributed by atoms with Gasteiger partial charge in [0.25, 0.3) is 0 Å². The van der Waals surface area contributed by atoms with Gasteiger partial charge in [-0.25, -0.2) is 0 Å². The van der Waals surface area contributed by atoms with Gasteiger partial charge in [-0.15, -0.1) is 0 Å². The summed E-state index contributed by atoms with van der Waals surface area (Å²) in [6.45, 7) is 9.62. The van der Waals surface area contributed by atoms with E-state index >= 15 is 0 Å². The summed E-state index contributed by atoms with van der Waals surface area (Å²) in [6.07, 6.45) is 3.09. The summed E-state index contributed by atoms with van der Waals surface area (Å²) >= 11 is 0. The van der Waals surface area contributed by atoms with Crippen LogP contribution >= 0.6 is 0 Å². The summed E-state index contributed by atoms with van der Waals surface area (Å²) in [5.74, 6) is 0.708. The lowest BCUT2D eigenvalue weighted by Gasteiger charge is -2.28. The smallest absolute Gasteiger partial charge is 0.236 e. The first-order valence-electron chi connectivity index (χ1n) is 7.26. The van der Waals surface area contributed by atoms with Gasteiger partial charge in [0.1, 0.15) is 0 Å². The van der Waals surface area contributed by atoms with Gasteiger partial charge in [0.15, 0.2) is 0 Å². The second-order valence-electron chi connectivity index (χ2n) is 5.37. The van der Waals surface area contributed by atoms with E-state index in [-0.39, 0.29) is 18.6 Å². The number of rotatable bonds is 7. The second-order valence-corrected chi connectivity index (χ2v) is 5.37. The van der Waals surface area contributed by atoms with Crippen molar-refractivity contribution in [1.82, 2.24) is 9.80 Å². The van der Waals surface area contributed by atoms with Gasteiger partial charge in [0.05, 0.1) is 13.2 Å². The first kappa shape index (κ1) is 15.4. The molecule has 0 aromatic carbocycles. The molecule has 1 amide bonds. The average Bonchev–Trinajstić information content (AvgIpc) is 2.69. The Bertz CT molecular complexity index is 252. The van der Waals surface area contributed by atoms with Gasteiger partial charge in [0, 0.05) is 19.1 Å². The van der Waals surface area contributed by atoms with Gasteiger partial charge in [-0.1, -0.05) is 20.8 Å². The number of carbonyl (C=O) groups excluding carboxylic acids is 1. The number of hydrogen-bond acceptors (Lipinski definition) is 3. The summed E-state index contributed by atoms with van der Waals surface area (Å²) in [5.41, 5.74) is 0. The van der Waals surface area contributed by atoms with Crippen molar-refractivity contribution in [3.8, 4) is 0 Å². The van der Waals surface area contributed by atoms with Crippen LogP contribution in [0, 0.1) is 5.92 Å². The summed E-state index contributed by atoms with van der Waals surface area (Å²) in [4.78, 5) is 16.3. The average molecular weight is 256 g/mol. The van der Waals surface area contributed by atoms with E-state index in [1.54, 1.807) is 0 Å². The highest BCUT2D eigenvalue weighted by atomic mass is 16.3. The van der Waals surface area contributed by atoms with Crippen LogP contribution in [0.15, 0.2) is 0 Å². The molecular formula is C14H28N2O2. The van der Waals surface area contributed by atoms with Crippen molar-refractivity contribution in [1.29, 1.82) is 0 Å². The molecule has 1 heterocycles. The van der Waals surface area contributed by atoms with Crippen LogP contribution in [0.4, 0.5) is 0 Å². The normalized spacial score (nSPS) is 24.4. The van der Waals surface area contributed by atoms with E-state index in [9.17, 15) is 9.90 Å². The Morgan fingerprint density at radius 2 is 1.94 bits per heavy atom. The standard InChI is InChI=1S/C14H28N2O2/c1-4-7-15(8-5-2)14(18)10-16-9-6-12(3)13(16)11-17/h12-13,17H,4-11H2,1-3H3. The first-order valence-corrected chi connectivity index (χ1v) is 7.26. The van der Waals surface area contributed by atoms with E-state index in [0.29, 0.717) is 12.5 Å². The molecular weight excluding hydrogens is 228 g/mol. The zero-order valence-electron chi connectivity index (χ0n) is 12.1. The monoisotopic (exact) mass is 256 g/mol. The van der Waals surface area contributed by atoms with Crippen LogP contribution in [-0.4, -0.2) is 59.6 Å². The van der Waals surface area contributed by atoms with Gasteiger partial charge in [0.2, 0.25) is 5.91 Å². The molecule has 4 heteroatoms. The Kier molecular flexibility index (Phi) is 6.65. The number of aliphatic hydroxyl groups is 1. The van der Waals surface area contributed by atoms with Gasteiger partial charge in [-0.2, -0.15) is 0 Å². The molecule has 2 unspecified atom stereocenters. The fraction of sp³-hybridized carbons (Fsp3) is 0.929. The molecule has 0 bridgehead atoms. The molecule has 2 atom stereocenters. The highest BCUT2D eigenvalue weighted by molar-refractivity contribution is 5.78. The third kappa shape index (κ3) is 3.95. The van der Waals surface area contributed by atoms with Crippen molar-refractivity contribution < 1.29 is 9.90 Å². The van der Waals surface area contributed by atoms with Crippen molar-refractivity contribution in [3.05, 3.63) is 0 Å². The van der Waals surface area contributed by atoms with E-state index in [0.717, 1.165) is 38.9 Å². The van der Waals surface area contributed by atoms with E-state index in [1.807, 2.05) is 4.90 Å². The third-order valence-corrected chi connectivity index (χ3v) is 3.86. The fourth-order valence-corrected chi connectivity index (χ4v) is 2.75. The van der Waals surface area contributed by atoms with Crippen LogP contribution in [0.25, 0.3) is 0 Å². The van der Waals surface area contributed by atoms with Crippen molar-refractivity contribution >= 4 is 5.91 Å². The van der Waals surface area contributed by atoms with Crippen LogP contribution in [0.3, 0.4) is 0 Å². The molecule has 1 aliphatic rings. The molecule has 0 aromatic heterocycles. The molecule has 0 radical (unpaired) electrons. The van der Waals surface area contributed by atoms with Gasteiger partial charge >= 0.3 is 0 Å². The number of likely N-dealkylation sites (tertiary alicyclic amines) is 1. The molecule has 0 aliphatic carbocycles. The molecule has 0 saturated carbocycles.